The predicted octanol–water partition coefficient (Wildman–Crippen LogP) is 2.01. The van der Waals surface area contributed by atoms with Crippen LogP contribution >= 0.6 is 0 Å². The molecule has 1 N–H and O–H groups in total. The quantitative estimate of drug-likeness (QED) is 0.894. The van der Waals surface area contributed by atoms with Crippen LogP contribution in [0.2, 0.25) is 0 Å². The monoisotopic (exact) mass is 244 g/mol. The molecule has 0 fully saturated rings. The summed E-state index contributed by atoms with van der Waals surface area (Å²) in [5.74, 6) is 0.842. The first-order valence-corrected chi connectivity index (χ1v) is 5.72. The SMILES string of the molecule is COc1cccc(CNc2ccc(=O)n(C)c2)c1. The Bertz CT molecular complexity index is 590. The highest BCUT2D eigenvalue weighted by atomic mass is 16.5. The van der Waals surface area contributed by atoms with E-state index < -0.39 is 0 Å². The zero-order chi connectivity index (χ0) is 13.0. The molecule has 0 spiro atoms. The largest absolute Gasteiger partial charge is 0.497 e. The van der Waals surface area contributed by atoms with E-state index in [-0.39, 0.29) is 5.56 Å². The summed E-state index contributed by atoms with van der Waals surface area (Å²) in [6.45, 7) is 0.690. The van der Waals surface area contributed by atoms with Gasteiger partial charge in [-0.05, 0) is 23.8 Å². The molecule has 1 aromatic heterocycles. The van der Waals surface area contributed by atoms with Gasteiger partial charge in [0.1, 0.15) is 5.75 Å². The molecule has 0 amide bonds. The van der Waals surface area contributed by atoms with Crippen molar-refractivity contribution in [2.24, 2.45) is 7.05 Å². The van der Waals surface area contributed by atoms with Crippen LogP contribution in [0.25, 0.3) is 0 Å². The molecule has 0 saturated heterocycles. The van der Waals surface area contributed by atoms with Gasteiger partial charge in [-0.15, -0.1) is 0 Å². The fraction of sp³-hybridized carbons (Fsp3) is 0.214. The van der Waals surface area contributed by atoms with E-state index in [1.54, 1.807) is 37.1 Å². The van der Waals surface area contributed by atoms with E-state index in [0.717, 1.165) is 17.0 Å². The molecule has 4 nitrogen and oxygen atoms in total. The number of ether oxygens (including phenoxy) is 1. The summed E-state index contributed by atoms with van der Waals surface area (Å²) in [7, 11) is 3.39. The lowest BCUT2D eigenvalue weighted by Crippen LogP contribution is -2.15. The molecule has 0 aliphatic carbocycles. The minimum atomic E-state index is -0.0121. The first kappa shape index (κ1) is 12.2. The van der Waals surface area contributed by atoms with Gasteiger partial charge in [0.25, 0.3) is 0 Å². The lowest BCUT2D eigenvalue weighted by Gasteiger charge is -2.08. The molecule has 0 aliphatic rings. The summed E-state index contributed by atoms with van der Waals surface area (Å²) in [6, 6.07) is 11.2. The van der Waals surface area contributed by atoms with Gasteiger partial charge < -0.3 is 14.6 Å². The van der Waals surface area contributed by atoms with Crippen molar-refractivity contribution in [1.82, 2.24) is 4.57 Å². The number of pyridine rings is 1. The normalized spacial score (nSPS) is 10.1. The lowest BCUT2D eigenvalue weighted by molar-refractivity contribution is 0.414. The molecule has 0 saturated carbocycles. The number of nitrogens with one attached hydrogen (secondary N) is 1. The van der Waals surface area contributed by atoms with E-state index in [4.69, 9.17) is 4.74 Å². The maximum Gasteiger partial charge on any atom is 0.250 e. The highest BCUT2D eigenvalue weighted by molar-refractivity contribution is 5.41. The van der Waals surface area contributed by atoms with Crippen LogP contribution in [-0.2, 0) is 13.6 Å². The zero-order valence-electron chi connectivity index (χ0n) is 10.5. The highest BCUT2D eigenvalue weighted by Gasteiger charge is 1.97. The van der Waals surface area contributed by atoms with Crippen molar-refractivity contribution in [3.63, 3.8) is 0 Å². The minimum absolute atomic E-state index is 0.0121. The number of benzene rings is 1. The van der Waals surface area contributed by atoms with Gasteiger partial charge in [0.05, 0.1) is 12.8 Å². The molecule has 0 aliphatic heterocycles. The van der Waals surface area contributed by atoms with Gasteiger partial charge >= 0.3 is 0 Å². The van der Waals surface area contributed by atoms with E-state index in [1.807, 2.05) is 24.3 Å². The first-order chi connectivity index (χ1) is 8.69. The van der Waals surface area contributed by atoms with Gasteiger partial charge in [0.15, 0.2) is 0 Å². The number of methoxy groups -OCH3 is 1. The molecule has 2 aromatic rings. The maximum atomic E-state index is 11.2. The molecule has 18 heavy (non-hydrogen) atoms. The number of nitrogens with zero attached hydrogens (tertiary/aromatic N) is 1. The fourth-order valence-corrected chi connectivity index (χ4v) is 1.69. The summed E-state index contributed by atoms with van der Waals surface area (Å²) < 4.78 is 6.72. The molecular formula is C14H16N2O2. The Balaban J connectivity index is 2.06. The molecule has 94 valence electrons. The van der Waals surface area contributed by atoms with E-state index in [2.05, 4.69) is 5.32 Å². The summed E-state index contributed by atoms with van der Waals surface area (Å²) in [5, 5.41) is 3.27. The molecule has 1 aromatic carbocycles. The lowest BCUT2D eigenvalue weighted by atomic mass is 10.2. The molecule has 0 atom stereocenters. The third kappa shape index (κ3) is 2.91. The second-order valence-corrected chi connectivity index (χ2v) is 4.07. The summed E-state index contributed by atoms with van der Waals surface area (Å²) in [6.07, 6.45) is 1.78. The Hall–Kier alpha value is -2.23. The summed E-state index contributed by atoms with van der Waals surface area (Å²) in [5.41, 5.74) is 2.03. The van der Waals surface area contributed by atoms with Crippen LogP contribution in [0.1, 0.15) is 5.56 Å². The number of hydrogen-bond acceptors (Lipinski definition) is 3. The van der Waals surface area contributed by atoms with Crippen molar-refractivity contribution in [3.8, 4) is 5.75 Å². The maximum absolute atomic E-state index is 11.2. The van der Waals surface area contributed by atoms with E-state index in [9.17, 15) is 4.79 Å². The Kier molecular flexibility index (Phi) is 3.67. The van der Waals surface area contributed by atoms with E-state index >= 15 is 0 Å². The van der Waals surface area contributed by atoms with Crippen molar-refractivity contribution in [3.05, 3.63) is 58.5 Å². The molecule has 4 heteroatoms. The second kappa shape index (κ2) is 5.40. The predicted molar refractivity (Wildman–Crippen MR) is 72.0 cm³/mol. The van der Waals surface area contributed by atoms with E-state index in [1.165, 1.54) is 0 Å². The smallest absolute Gasteiger partial charge is 0.250 e. The third-order valence-electron chi connectivity index (χ3n) is 2.72. The van der Waals surface area contributed by atoms with Gasteiger partial charge in [0.2, 0.25) is 5.56 Å². The highest BCUT2D eigenvalue weighted by Crippen LogP contribution is 2.14. The number of hydrogen-bond donors (Lipinski definition) is 1. The molecule has 0 bridgehead atoms. The number of aromatic nitrogens is 1. The van der Waals surface area contributed by atoms with Crippen LogP contribution in [0, 0.1) is 0 Å². The second-order valence-electron chi connectivity index (χ2n) is 4.07. The average molecular weight is 244 g/mol. The summed E-state index contributed by atoms with van der Waals surface area (Å²) in [4.78, 5) is 11.2. The van der Waals surface area contributed by atoms with Crippen LogP contribution in [0.4, 0.5) is 5.69 Å². The van der Waals surface area contributed by atoms with Crippen molar-refractivity contribution in [2.75, 3.05) is 12.4 Å². The van der Waals surface area contributed by atoms with Crippen LogP contribution in [-0.4, -0.2) is 11.7 Å². The minimum Gasteiger partial charge on any atom is -0.497 e. The Morgan fingerprint density at radius 1 is 1.28 bits per heavy atom. The standard InChI is InChI=1S/C14H16N2O2/c1-16-10-12(6-7-14(16)17)15-9-11-4-3-5-13(8-11)18-2/h3-8,10,15H,9H2,1-2H3. The van der Waals surface area contributed by atoms with Gasteiger partial charge in [-0.1, -0.05) is 12.1 Å². The van der Waals surface area contributed by atoms with Gasteiger partial charge in [-0.25, -0.2) is 0 Å². The van der Waals surface area contributed by atoms with Gasteiger partial charge in [0, 0.05) is 25.9 Å². The van der Waals surface area contributed by atoms with Crippen LogP contribution < -0.4 is 15.6 Å². The molecular weight excluding hydrogens is 228 g/mol. The van der Waals surface area contributed by atoms with Crippen LogP contribution in [0.5, 0.6) is 5.75 Å². The number of rotatable bonds is 4. The Labute approximate surface area is 106 Å². The first-order valence-electron chi connectivity index (χ1n) is 5.72. The van der Waals surface area contributed by atoms with Gasteiger partial charge in [-0.3, -0.25) is 4.79 Å². The van der Waals surface area contributed by atoms with Crippen LogP contribution in [0.3, 0.4) is 0 Å². The van der Waals surface area contributed by atoms with E-state index in [0.29, 0.717) is 6.54 Å². The van der Waals surface area contributed by atoms with Crippen molar-refractivity contribution in [2.45, 2.75) is 6.54 Å². The zero-order valence-corrected chi connectivity index (χ0v) is 10.5. The van der Waals surface area contributed by atoms with Crippen LogP contribution in [0.15, 0.2) is 47.4 Å². The Morgan fingerprint density at radius 3 is 2.83 bits per heavy atom. The molecule has 0 unspecified atom stereocenters. The topological polar surface area (TPSA) is 43.3 Å². The molecule has 0 radical (unpaired) electrons. The summed E-state index contributed by atoms with van der Waals surface area (Å²) >= 11 is 0. The molecule has 2 rings (SSSR count). The average Bonchev–Trinajstić information content (AvgIpc) is 2.40. The fourth-order valence-electron chi connectivity index (χ4n) is 1.69. The Morgan fingerprint density at radius 2 is 2.11 bits per heavy atom. The van der Waals surface area contributed by atoms with Crippen molar-refractivity contribution < 1.29 is 4.74 Å². The molecule has 1 heterocycles. The van der Waals surface area contributed by atoms with Crippen molar-refractivity contribution in [1.29, 1.82) is 0 Å². The number of aryl methyl sites for hydroxylation is 1. The van der Waals surface area contributed by atoms with Gasteiger partial charge in [-0.2, -0.15) is 0 Å². The number of anilines is 1. The van der Waals surface area contributed by atoms with Crippen molar-refractivity contribution >= 4 is 5.69 Å². The third-order valence-corrected chi connectivity index (χ3v) is 2.72.